The summed E-state index contributed by atoms with van der Waals surface area (Å²) in [6.45, 7) is 3.65. The highest BCUT2D eigenvalue weighted by Gasteiger charge is 2.27. The minimum absolute atomic E-state index is 0.0599. The van der Waals surface area contributed by atoms with Crippen molar-refractivity contribution < 1.29 is 31.8 Å². The van der Waals surface area contributed by atoms with Gasteiger partial charge in [-0.15, -0.1) is 0 Å². The van der Waals surface area contributed by atoms with Crippen LogP contribution in [0.3, 0.4) is 0 Å². The van der Waals surface area contributed by atoms with Gasteiger partial charge in [-0.05, 0) is 26.0 Å². The number of nitrogens with one attached hydrogen (secondary N) is 1. The van der Waals surface area contributed by atoms with E-state index in [-0.39, 0.29) is 6.61 Å². The Balaban J connectivity index is 3.15. The number of carbonyl (C=O) groups is 1. The van der Waals surface area contributed by atoms with Gasteiger partial charge < -0.3 is 9.84 Å². The van der Waals surface area contributed by atoms with Crippen molar-refractivity contribution in [3.63, 3.8) is 0 Å². The average Bonchev–Trinajstić information content (AvgIpc) is 2.34. The SMILES string of the molecule is CCOCC(C)NS(=O)(=O)c1ccc(F)c(C(=O)O)c1F. The van der Waals surface area contributed by atoms with E-state index >= 15 is 0 Å². The summed E-state index contributed by atoms with van der Waals surface area (Å²) in [6.07, 6.45) is 0. The first kappa shape index (κ1) is 17.5. The number of sulfonamides is 1. The maximum atomic E-state index is 13.9. The molecule has 0 aliphatic rings. The molecule has 0 heterocycles. The molecular weight excluding hydrogens is 308 g/mol. The van der Waals surface area contributed by atoms with Gasteiger partial charge in [0, 0.05) is 12.6 Å². The van der Waals surface area contributed by atoms with Crippen molar-refractivity contribution in [1.29, 1.82) is 0 Å². The molecule has 9 heteroatoms. The molecule has 0 aromatic heterocycles. The molecule has 1 rings (SSSR count). The first-order chi connectivity index (χ1) is 9.70. The zero-order valence-electron chi connectivity index (χ0n) is 11.4. The van der Waals surface area contributed by atoms with Crippen LogP contribution in [0.2, 0.25) is 0 Å². The molecule has 0 radical (unpaired) electrons. The lowest BCUT2D eigenvalue weighted by atomic mass is 10.2. The average molecular weight is 323 g/mol. The van der Waals surface area contributed by atoms with Crippen LogP contribution in [0.15, 0.2) is 17.0 Å². The van der Waals surface area contributed by atoms with Crippen LogP contribution in [0.4, 0.5) is 8.78 Å². The number of hydrogen-bond acceptors (Lipinski definition) is 4. The molecule has 0 aliphatic heterocycles. The lowest BCUT2D eigenvalue weighted by Gasteiger charge is -2.15. The first-order valence-electron chi connectivity index (χ1n) is 6.02. The number of carboxylic acids is 1. The van der Waals surface area contributed by atoms with Gasteiger partial charge in [-0.2, -0.15) is 0 Å². The highest BCUT2D eigenvalue weighted by Crippen LogP contribution is 2.21. The topological polar surface area (TPSA) is 92.7 Å². The van der Waals surface area contributed by atoms with E-state index in [0.717, 1.165) is 0 Å². The molecule has 1 unspecified atom stereocenters. The van der Waals surface area contributed by atoms with E-state index < -0.39 is 44.1 Å². The van der Waals surface area contributed by atoms with Gasteiger partial charge >= 0.3 is 5.97 Å². The zero-order chi connectivity index (χ0) is 16.2. The second-order valence-corrected chi connectivity index (χ2v) is 5.90. The third-order valence-electron chi connectivity index (χ3n) is 2.49. The van der Waals surface area contributed by atoms with Crippen LogP contribution in [0.5, 0.6) is 0 Å². The molecule has 1 aromatic rings. The Bertz CT molecular complexity index is 633. The number of hydrogen-bond donors (Lipinski definition) is 2. The summed E-state index contributed by atoms with van der Waals surface area (Å²) < 4.78 is 58.3. The van der Waals surface area contributed by atoms with Gasteiger partial charge in [-0.3, -0.25) is 0 Å². The molecule has 0 amide bonds. The number of rotatable bonds is 7. The standard InChI is InChI=1S/C12H15F2NO5S/c1-3-20-6-7(2)15-21(18,19)9-5-4-8(13)10(11(9)14)12(16)17/h4-5,7,15H,3,6H2,1-2H3,(H,16,17). The maximum absolute atomic E-state index is 13.9. The number of ether oxygens (including phenoxy) is 1. The van der Waals surface area contributed by atoms with Gasteiger partial charge in [-0.25, -0.2) is 26.7 Å². The summed E-state index contributed by atoms with van der Waals surface area (Å²) in [5, 5.41) is 8.72. The Morgan fingerprint density at radius 3 is 2.57 bits per heavy atom. The highest BCUT2D eigenvalue weighted by molar-refractivity contribution is 7.89. The zero-order valence-corrected chi connectivity index (χ0v) is 12.2. The number of halogens is 2. The molecular formula is C12H15F2NO5S. The quantitative estimate of drug-likeness (QED) is 0.790. The lowest BCUT2D eigenvalue weighted by molar-refractivity contribution is 0.0685. The second kappa shape index (κ2) is 6.92. The minimum Gasteiger partial charge on any atom is -0.477 e. The smallest absolute Gasteiger partial charge is 0.341 e. The van der Waals surface area contributed by atoms with Crippen molar-refractivity contribution in [2.45, 2.75) is 24.8 Å². The third-order valence-corrected chi connectivity index (χ3v) is 4.09. The minimum atomic E-state index is -4.33. The Morgan fingerprint density at radius 2 is 2.05 bits per heavy atom. The lowest BCUT2D eigenvalue weighted by Crippen LogP contribution is -2.36. The van der Waals surface area contributed by atoms with Gasteiger partial charge in [0.25, 0.3) is 0 Å². The van der Waals surface area contributed by atoms with Crippen LogP contribution in [0, 0.1) is 11.6 Å². The summed E-state index contributed by atoms with van der Waals surface area (Å²) in [4.78, 5) is 9.84. The van der Waals surface area contributed by atoms with Gasteiger partial charge in [0.1, 0.15) is 16.3 Å². The van der Waals surface area contributed by atoms with Crippen molar-refractivity contribution in [3.05, 3.63) is 29.3 Å². The number of carboxylic acid groups (broad SMARTS) is 1. The van der Waals surface area contributed by atoms with E-state index in [0.29, 0.717) is 18.7 Å². The van der Waals surface area contributed by atoms with Gasteiger partial charge in [0.2, 0.25) is 10.0 Å². The first-order valence-corrected chi connectivity index (χ1v) is 7.50. The Morgan fingerprint density at radius 1 is 1.43 bits per heavy atom. The number of benzene rings is 1. The van der Waals surface area contributed by atoms with Crippen molar-refractivity contribution in [3.8, 4) is 0 Å². The summed E-state index contributed by atoms with van der Waals surface area (Å²) in [5.41, 5.74) is -1.31. The summed E-state index contributed by atoms with van der Waals surface area (Å²) >= 11 is 0. The predicted octanol–water partition coefficient (Wildman–Crippen LogP) is 1.37. The van der Waals surface area contributed by atoms with Gasteiger partial charge in [0.05, 0.1) is 6.61 Å². The molecule has 0 fully saturated rings. The Kier molecular flexibility index (Phi) is 5.76. The fourth-order valence-electron chi connectivity index (χ4n) is 1.59. The van der Waals surface area contributed by atoms with Crippen LogP contribution >= 0.6 is 0 Å². The third kappa shape index (κ3) is 4.19. The fourth-order valence-corrected chi connectivity index (χ4v) is 2.90. The molecule has 1 atom stereocenters. The van der Waals surface area contributed by atoms with Crippen LogP contribution < -0.4 is 4.72 Å². The van der Waals surface area contributed by atoms with Crippen molar-refractivity contribution in [1.82, 2.24) is 4.72 Å². The van der Waals surface area contributed by atoms with Crippen LogP contribution in [-0.4, -0.2) is 38.7 Å². The monoisotopic (exact) mass is 323 g/mol. The van der Waals surface area contributed by atoms with Crippen molar-refractivity contribution in [2.75, 3.05) is 13.2 Å². The van der Waals surface area contributed by atoms with E-state index in [2.05, 4.69) is 4.72 Å². The second-order valence-electron chi connectivity index (χ2n) is 4.22. The highest BCUT2D eigenvalue weighted by atomic mass is 32.2. The van der Waals surface area contributed by atoms with E-state index in [4.69, 9.17) is 9.84 Å². The van der Waals surface area contributed by atoms with Crippen molar-refractivity contribution >= 4 is 16.0 Å². The van der Waals surface area contributed by atoms with Gasteiger partial charge in [0.15, 0.2) is 5.82 Å². The Labute approximate surface area is 120 Å². The molecule has 6 nitrogen and oxygen atoms in total. The molecule has 2 N–H and O–H groups in total. The van der Waals surface area contributed by atoms with Crippen molar-refractivity contribution in [2.24, 2.45) is 0 Å². The Hall–Kier alpha value is -1.58. The number of aromatic carboxylic acids is 1. The van der Waals surface area contributed by atoms with Crippen LogP contribution in [-0.2, 0) is 14.8 Å². The van der Waals surface area contributed by atoms with E-state index in [1.165, 1.54) is 6.92 Å². The maximum Gasteiger partial charge on any atom is 0.341 e. The molecule has 118 valence electrons. The van der Waals surface area contributed by atoms with E-state index in [9.17, 15) is 22.0 Å². The van der Waals surface area contributed by atoms with Gasteiger partial charge in [-0.1, -0.05) is 0 Å². The van der Waals surface area contributed by atoms with E-state index in [1.54, 1.807) is 6.92 Å². The molecule has 1 aromatic carbocycles. The normalized spacial score (nSPS) is 13.1. The molecule has 0 saturated carbocycles. The summed E-state index contributed by atoms with van der Waals surface area (Å²) in [6, 6.07) is 0.605. The molecule has 0 spiro atoms. The predicted molar refractivity (Wildman–Crippen MR) is 69.6 cm³/mol. The fraction of sp³-hybridized carbons (Fsp3) is 0.417. The molecule has 0 aliphatic carbocycles. The van der Waals surface area contributed by atoms with E-state index in [1.807, 2.05) is 0 Å². The molecule has 0 bridgehead atoms. The largest absolute Gasteiger partial charge is 0.477 e. The summed E-state index contributed by atoms with van der Waals surface area (Å²) in [5.74, 6) is -4.87. The van der Waals surface area contributed by atoms with Crippen LogP contribution in [0.1, 0.15) is 24.2 Å². The van der Waals surface area contributed by atoms with Crippen LogP contribution in [0.25, 0.3) is 0 Å². The summed E-state index contributed by atoms with van der Waals surface area (Å²) in [7, 11) is -4.33. The molecule has 0 saturated heterocycles. The molecule has 21 heavy (non-hydrogen) atoms.